The van der Waals surface area contributed by atoms with E-state index in [-0.39, 0.29) is 18.4 Å². The van der Waals surface area contributed by atoms with Gasteiger partial charge >= 0.3 is 5.97 Å². The Hall–Kier alpha value is -2.30. The third-order valence-corrected chi connectivity index (χ3v) is 3.18. The van der Waals surface area contributed by atoms with E-state index in [4.69, 9.17) is 4.74 Å². The predicted molar refractivity (Wildman–Crippen MR) is 80.2 cm³/mol. The number of hydrogen-bond donors (Lipinski definition) is 1. The largest absolute Gasteiger partial charge is 0.497 e. The quantitative estimate of drug-likeness (QED) is 0.643. The van der Waals surface area contributed by atoms with Gasteiger partial charge in [0.05, 0.1) is 20.1 Å². The Morgan fingerprint density at radius 1 is 1.33 bits per heavy atom. The van der Waals surface area contributed by atoms with Gasteiger partial charge in [-0.3, -0.25) is 4.79 Å². The third kappa shape index (κ3) is 4.95. The minimum atomic E-state index is -0.398. The molecule has 0 heterocycles. The van der Waals surface area contributed by atoms with Crippen molar-refractivity contribution in [1.29, 1.82) is 0 Å². The Balaban J connectivity index is 2.61. The van der Waals surface area contributed by atoms with Crippen molar-refractivity contribution < 1.29 is 19.1 Å². The van der Waals surface area contributed by atoms with Gasteiger partial charge in [0.1, 0.15) is 5.75 Å². The molecule has 0 aromatic heterocycles. The highest BCUT2D eigenvalue weighted by molar-refractivity contribution is 5.88. The maximum absolute atomic E-state index is 12.1. The molecule has 21 heavy (non-hydrogen) atoms. The Labute approximate surface area is 124 Å². The summed E-state index contributed by atoms with van der Waals surface area (Å²) in [6.07, 6.45) is 1.63. The van der Waals surface area contributed by atoms with Crippen molar-refractivity contribution in [3.05, 3.63) is 41.5 Å². The van der Waals surface area contributed by atoms with Crippen molar-refractivity contribution in [1.82, 2.24) is 5.32 Å². The lowest BCUT2D eigenvalue weighted by Gasteiger charge is -2.12. The summed E-state index contributed by atoms with van der Waals surface area (Å²) in [6.45, 7) is 3.75. The number of carbonyl (C=O) groups excluding carboxylic acids is 2. The normalized spacial score (nSPS) is 12.5. The standard InChI is InChI=1S/C16H21NO4/c1-11(16(19)21-4)8-9-17-15(18)12(2)13-6-5-7-14(10-13)20-3/h5-8,10,12H,9H2,1-4H3,(H,17,18). The van der Waals surface area contributed by atoms with Crippen LogP contribution in [-0.2, 0) is 14.3 Å². The van der Waals surface area contributed by atoms with Gasteiger partial charge in [-0.05, 0) is 31.5 Å². The average molecular weight is 291 g/mol. The molecule has 0 radical (unpaired) electrons. The molecule has 5 heteroatoms. The van der Waals surface area contributed by atoms with Crippen LogP contribution >= 0.6 is 0 Å². The van der Waals surface area contributed by atoms with Crippen LogP contribution in [-0.4, -0.2) is 32.6 Å². The van der Waals surface area contributed by atoms with Crippen LogP contribution in [0.4, 0.5) is 0 Å². The van der Waals surface area contributed by atoms with E-state index in [9.17, 15) is 9.59 Å². The Morgan fingerprint density at radius 3 is 2.67 bits per heavy atom. The van der Waals surface area contributed by atoms with Gasteiger partial charge in [0, 0.05) is 12.1 Å². The molecule has 114 valence electrons. The van der Waals surface area contributed by atoms with Crippen molar-refractivity contribution in [2.45, 2.75) is 19.8 Å². The molecule has 5 nitrogen and oxygen atoms in total. The molecular weight excluding hydrogens is 270 g/mol. The first-order valence-electron chi connectivity index (χ1n) is 6.66. The van der Waals surface area contributed by atoms with Crippen molar-refractivity contribution in [3.8, 4) is 5.75 Å². The number of hydrogen-bond acceptors (Lipinski definition) is 4. The van der Waals surface area contributed by atoms with E-state index in [0.29, 0.717) is 11.3 Å². The van der Waals surface area contributed by atoms with Crippen molar-refractivity contribution in [2.75, 3.05) is 20.8 Å². The molecule has 0 aliphatic heterocycles. The van der Waals surface area contributed by atoms with E-state index in [2.05, 4.69) is 10.1 Å². The summed E-state index contributed by atoms with van der Waals surface area (Å²) in [4.78, 5) is 23.3. The van der Waals surface area contributed by atoms with Crippen molar-refractivity contribution in [3.63, 3.8) is 0 Å². The highest BCUT2D eigenvalue weighted by Crippen LogP contribution is 2.20. The average Bonchev–Trinajstić information content (AvgIpc) is 2.52. The number of nitrogens with one attached hydrogen (secondary N) is 1. The monoisotopic (exact) mass is 291 g/mol. The molecule has 0 saturated heterocycles. The molecule has 0 aliphatic rings. The van der Waals surface area contributed by atoms with Gasteiger partial charge in [0.25, 0.3) is 0 Å². The summed E-state index contributed by atoms with van der Waals surface area (Å²) >= 11 is 0. The minimum Gasteiger partial charge on any atom is -0.497 e. The van der Waals surface area contributed by atoms with Crippen LogP contribution in [0.1, 0.15) is 25.3 Å². The Kier molecular flexibility index (Phi) is 6.46. The maximum Gasteiger partial charge on any atom is 0.333 e. The summed E-state index contributed by atoms with van der Waals surface area (Å²) in [5.41, 5.74) is 1.34. The van der Waals surface area contributed by atoms with E-state index in [1.807, 2.05) is 31.2 Å². The fourth-order valence-electron chi connectivity index (χ4n) is 1.76. The maximum atomic E-state index is 12.1. The topological polar surface area (TPSA) is 64.6 Å². The number of ether oxygens (including phenoxy) is 2. The van der Waals surface area contributed by atoms with Crippen LogP contribution < -0.4 is 10.1 Å². The molecule has 1 aromatic rings. The van der Waals surface area contributed by atoms with Gasteiger partial charge in [-0.15, -0.1) is 0 Å². The minimum absolute atomic E-state index is 0.114. The van der Waals surface area contributed by atoms with Crippen LogP contribution in [0.25, 0.3) is 0 Å². The molecule has 0 saturated carbocycles. The lowest BCUT2D eigenvalue weighted by atomic mass is 10.00. The molecule has 1 atom stereocenters. The highest BCUT2D eigenvalue weighted by Gasteiger charge is 2.15. The lowest BCUT2D eigenvalue weighted by molar-refractivity contribution is -0.136. The number of rotatable bonds is 6. The summed E-state index contributed by atoms with van der Waals surface area (Å²) in [5.74, 6) is -0.0947. The molecule has 0 spiro atoms. The van der Waals surface area contributed by atoms with Gasteiger partial charge in [0.15, 0.2) is 0 Å². The molecule has 1 amide bonds. The van der Waals surface area contributed by atoms with Crippen LogP contribution in [0.2, 0.25) is 0 Å². The zero-order valence-corrected chi connectivity index (χ0v) is 12.8. The first kappa shape index (κ1) is 16.8. The fourth-order valence-corrected chi connectivity index (χ4v) is 1.76. The molecular formula is C16H21NO4. The van der Waals surface area contributed by atoms with Gasteiger partial charge in [0.2, 0.25) is 5.91 Å². The number of esters is 1. The lowest BCUT2D eigenvalue weighted by Crippen LogP contribution is -2.28. The predicted octanol–water partition coefficient (Wildman–Crippen LogP) is 2.03. The van der Waals surface area contributed by atoms with Crippen LogP contribution in [0.3, 0.4) is 0 Å². The summed E-state index contributed by atoms with van der Waals surface area (Å²) < 4.78 is 9.72. The Morgan fingerprint density at radius 2 is 2.05 bits per heavy atom. The van der Waals surface area contributed by atoms with Crippen LogP contribution in [0, 0.1) is 0 Å². The second-order valence-corrected chi connectivity index (χ2v) is 4.62. The van der Waals surface area contributed by atoms with Crippen LogP contribution in [0.5, 0.6) is 5.75 Å². The second-order valence-electron chi connectivity index (χ2n) is 4.62. The first-order chi connectivity index (χ1) is 9.99. The molecule has 1 rings (SSSR count). The first-order valence-corrected chi connectivity index (χ1v) is 6.66. The molecule has 1 unspecified atom stereocenters. The van der Waals surface area contributed by atoms with E-state index < -0.39 is 5.97 Å². The number of benzene rings is 1. The number of methoxy groups -OCH3 is 2. The summed E-state index contributed by atoms with van der Waals surface area (Å²) in [7, 11) is 2.91. The van der Waals surface area contributed by atoms with E-state index in [1.165, 1.54) is 7.11 Å². The SMILES string of the molecule is COC(=O)C(C)=CCNC(=O)C(C)c1cccc(OC)c1. The van der Waals surface area contributed by atoms with Gasteiger partial charge in [-0.1, -0.05) is 18.2 Å². The number of amides is 1. The van der Waals surface area contributed by atoms with Crippen LogP contribution in [0.15, 0.2) is 35.9 Å². The van der Waals surface area contributed by atoms with E-state index in [0.717, 1.165) is 5.56 Å². The van der Waals surface area contributed by atoms with Gasteiger partial charge in [-0.2, -0.15) is 0 Å². The Bertz CT molecular complexity index is 537. The molecule has 1 aromatic carbocycles. The third-order valence-electron chi connectivity index (χ3n) is 3.18. The number of carbonyl (C=O) groups is 2. The van der Waals surface area contributed by atoms with E-state index in [1.54, 1.807) is 20.1 Å². The zero-order chi connectivity index (χ0) is 15.8. The zero-order valence-electron chi connectivity index (χ0n) is 12.8. The van der Waals surface area contributed by atoms with Gasteiger partial charge in [-0.25, -0.2) is 4.79 Å². The highest BCUT2D eigenvalue weighted by atomic mass is 16.5. The van der Waals surface area contributed by atoms with E-state index >= 15 is 0 Å². The molecule has 1 N–H and O–H groups in total. The molecule has 0 bridgehead atoms. The van der Waals surface area contributed by atoms with Crippen molar-refractivity contribution in [2.24, 2.45) is 0 Å². The van der Waals surface area contributed by atoms with Crippen molar-refractivity contribution >= 4 is 11.9 Å². The second kappa shape index (κ2) is 8.09. The summed E-state index contributed by atoms with van der Waals surface area (Å²) in [6, 6.07) is 7.39. The fraction of sp³-hybridized carbons (Fsp3) is 0.375. The molecule has 0 aliphatic carbocycles. The van der Waals surface area contributed by atoms with Gasteiger partial charge < -0.3 is 14.8 Å². The molecule has 0 fully saturated rings. The summed E-state index contributed by atoms with van der Waals surface area (Å²) in [5, 5.41) is 2.76. The smallest absolute Gasteiger partial charge is 0.333 e.